The van der Waals surface area contributed by atoms with Gasteiger partial charge in [0.15, 0.2) is 0 Å². The van der Waals surface area contributed by atoms with Crippen molar-refractivity contribution in [2.24, 2.45) is 0 Å². The van der Waals surface area contributed by atoms with E-state index in [2.05, 4.69) is 5.32 Å². The molecule has 0 aromatic heterocycles. The summed E-state index contributed by atoms with van der Waals surface area (Å²) in [6, 6.07) is 0.571. The topological polar surface area (TPSA) is 55.4 Å². The first-order chi connectivity index (χ1) is 5.72. The van der Waals surface area contributed by atoms with E-state index >= 15 is 0 Å². The first kappa shape index (κ1) is 10.1. The smallest absolute Gasteiger partial charge is 0.0613 e. The highest BCUT2D eigenvalue weighted by molar-refractivity contribution is 7.79. The van der Waals surface area contributed by atoms with Gasteiger partial charge in [-0.2, -0.15) is 0 Å². The summed E-state index contributed by atoms with van der Waals surface area (Å²) in [5.74, 6) is 0.191. The summed E-state index contributed by atoms with van der Waals surface area (Å²) in [5, 5.41) is 3.20. The van der Waals surface area contributed by atoms with Crippen molar-refractivity contribution in [1.29, 1.82) is 0 Å². The van der Waals surface area contributed by atoms with Crippen LogP contribution in [-0.2, 0) is 11.1 Å². The van der Waals surface area contributed by atoms with Crippen LogP contribution in [0.5, 0.6) is 0 Å². The summed E-state index contributed by atoms with van der Waals surface area (Å²) >= 11 is -1.92. The van der Waals surface area contributed by atoms with E-state index in [1.54, 1.807) is 0 Å². The van der Waals surface area contributed by atoms with E-state index < -0.39 is 11.1 Å². The van der Waals surface area contributed by atoms with Gasteiger partial charge in [-0.1, -0.05) is 0 Å². The van der Waals surface area contributed by atoms with Crippen molar-refractivity contribution in [2.45, 2.75) is 18.9 Å². The zero-order valence-corrected chi connectivity index (χ0v) is 8.10. The van der Waals surface area contributed by atoms with Crippen LogP contribution in [0.1, 0.15) is 12.8 Å². The highest BCUT2D eigenvalue weighted by Gasteiger charge is 2.16. The molecule has 1 heterocycles. The molecule has 4 nitrogen and oxygen atoms in total. The molecular formula is C7H15N2O2S-. The van der Waals surface area contributed by atoms with Crippen LogP contribution in [0.2, 0.25) is 0 Å². The molecule has 1 aliphatic rings. The second-order valence-electron chi connectivity index (χ2n) is 3.11. The third kappa shape index (κ3) is 3.18. The number of nitrogens with one attached hydrogen (secondary N) is 1. The van der Waals surface area contributed by atoms with Crippen LogP contribution in [0.15, 0.2) is 0 Å². The summed E-state index contributed by atoms with van der Waals surface area (Å²) in [7, 11) is 1.95. The van der Waals surface area contributed by atoms with Crippen LogP contribution in [0.4, 0.5) is 0 Å². The Balaban J connectivity index is 2.21. The number of piperidine rings is 1. The lowest BCUT2D eigenvalue weighted by Crippen LogP contribution is -2.42. The van der Waals surface area contributed by atoms with E-state index in [0.29, 0.717) is 6.04 Å². The van der Waals surface area contributed by atoms with Crippen molar-refractivity contribution in [1.82, 2.24) is 10.2 Å². The molecule has 1 rings (SSSR count). The molecule has 0 bridgehead atoms. The summed E-state index contributed by atoms with van der Waals surface area (Å²) in [5.41, 5.74) is 0. The van der Waals surface area contributed by atoms with E-state index in [1.165, 1.54) is 0 Å². The molecule has 1 atom stereocenters. The normalized spacial score (nSPS) is 24.2. The van der Waals surface area contributed by atoms with Crippen LogP contribution in [0, 0.1) is 0 Å². The Morgan fingerprint density at radius 2 is 2.17 bits per heavy atom. The number of hydrogen-bond acceptors (Lipinski definition) is 4. The average Bonchev–Trinajstić information content (AvgIpc) is 2.05. The quantitative estimate of drug-likeness (QED) is 0.611. The summed E-state index contributed by atoms with van der Waals surface area (Å²) in [6.45, 7) is 1.78. The standard InChI is InChI=1S/C7H16N2O2S/c1-8-7-2-4-9(5-3-7)6-12(10)11/h7-8H,2-6H2,1H3,(H,10,11)/p-1. The van der Waals surface area contributed by atoms with Gasteiger partial charge in [-0.15, -0.1) is 0 Å². The SMILES string of the molecule is CNC1CCN(CS(=O)[O-])CC1. The van der Waals surface area contributed by atoms with E-state index in [1.807, 2.05) is 11.9 Å². The fourth-order valence-electron chi connectivity index (χ4n) is 1.50. The zero-order chi connectivity index (χ0) is 8.97. The predicted molar refractivity (Wildman–Crippen MR) is 47.4 cm³/mol. The number of likely N-dealkylation sites (tertiary alicyclic amines) is 1. The maximum atomic E-state index is 10.4. The van der Waals surface area contributed by atoms with E-state index in [0.717, 1.165) is 25.9 Å². The Morgan fingerprint density at radius 3 is 2.58 bits per heavy atom. The van der Waals surface area contributed by atoms with Crippen molar-refractivity contribution in [3.63, 3.8) is 0 Å². The molecule has 0 spiro atoms. The Morgan fingerprint density at radius 1 is 1.58 bits per heavy atom. The van der Waals surface area contributed by atoms with Gasteiger partial charge in [-0.05, 0) is 31.0 Å². The minimum atomic E-state index is -1.92. The summed E-state index contributed by atoms with van der Waals surface area (Å²) in [4.78, 5) is 1.97. The highest BCUT2D eigenvalue weighted by atomic mass is 32.2. The first-order valence-electron chi connectivity index (χ1n) is 4.18. The lowest BCUT2D eigenvalue weighted by molar-refractivity contribution is 0.227. The van der Waals surface area contributed by atoms with Crippen LogP contribution >= 0.6 is 0 Å². The predicted octanol–water partition coefficient (Wildman–Crippen LogP) is -0.493. The second kappa shape index (κ2) is 4.91. The fraction of sp³-hybridized carbons (Fsp3) is 1.00. The maximum Gasteiger partial charge on any atom is 0.0613 e. The third-order valence-electron chi connectivity index (χ3n) is 2.28. The van der Waals surface area contributed by atoms with Crippen LogP contribution in [0.25, 0.3) is 0 Å². The van der Waals surface area contributed by atoms with Gasteiger partial charge in [0.1, 0.15) is 0 Å². The molecule has 72 valence electrons. The van der Waals surface area contributed by atoms with Gasteiger partial charge in [0.05, 0.1) is 5.88 Å². The van der Waals surface area contributed by atoms with E-state index in [9.17, 15) is 8.76 Å². The Bertz CT molecular complexity index is 157. The van der Waals surface area contributed by atoms with Gasteiger partial charge in [0, 0.05) is 19.1 Å². The van der Waals surface area contributed by atoms with E-state index in [4.69, 9.17) is 0 Å². The van der Waals surface area contributed by atoms with Crippen LogP contribution in [0.3, 0.4) is 0 Å². The molecule has 0 saturated carbocycles. The molecule has 1 saturated heterocycles. The van der Waals surface area contributed by atoms with Gasteiger partial charge < -0.3 is 9.87 Å². The van der Waals surface area contributed by atoms with Crippen molar-refractivity contribution in [2.75, 3.05) is 26.0 Å². The number of rotatable bonds is 3. The maximum absolute atomic E-state index is 10.4. The van der Waals surface area contributed by atoms with Gasteiger partial charge in [-0.3, -0.25) is 9.11 Å². The zero-order valence-electron chi connectivity index (χ0n) is 7.28. The molecule has 0 aliphatic carbocycles. The molecule has 0 aromatic carbocycles. The highest BCUT2D eigenvalue weighted by Crippen LogP contribution is 2.09. The molecule has 12 heavy (non-hydrogen) atoms. The molecule has 0 aromatic rings. The van der Waals surface area contributed by atoms with Gasteiger partial charge in [0.2, 0.25) is 0 Å². The molecule has 5 heteroatoms. The third-order valence-corrected chi connectivity index (χ3v) is 2.86. The minimum absolute atomic E-state index is 0.191. The Kier molecular flexibility index (Phi) is 4.14. The second-order valence-corrected chi connectivity index (χ2v) is 3.98. The molecule has 1 aliphatic heterocycles. The lowest BCUT2D eigenvalue weighted by Gasteiger charge is -2.31. The Hall–Kier alpha value is 0.0300. The number of hydrogen-bond donors (Lipinski definition) is 1. The average molecular weight is 191 g/mol. The molecular weight excluding hydrogens is 176 g/mol. The summed E-state index contributed by atoms with van der Waals surface area (Å²) < 4.78 is 20.7. The molecule has 0 radical (unpaired) electrons. The van der Waals surface area contributed by atoms with Gasteiger partial charge in [0.25, 0.3) is 0 Å². The summed E-state index contributed by atoms with van der Waals surface area (Å²) in [6.07, 6.45) is 2.10. The van der Waals surface area contributed by atoms with E-state index in [-0.39, 0.29) is 5.88 Å². The van der Waals surface area contributed by atoms with Crippen molar-refractivity contribution in [3.8, 4) is 0 Å². The van der Waals surface area contributed by atoms with Crippen molar-refractivity contribution >= 4 is 11.1 Å². The number of nitrogens with zero attached hydrogens (tertiary/aromatic N) is 1. The molecule has 1 N–H and O–H groups in total. The van der Waals surface area contributed by atoms with Crippen molar-refractivity contribution < 1.29 is 8.76 Å². The molecule has 1 fully saturated rings. The van der Waals surface area contributed by atoms with Gasteiger partial charge in [-0.25, -0.2) is 0 Å². The molecule has 0 amide bonds. The fourth-order valence-corrected chi connectivity index (χ4v) is 2.06. The van der Waals surface area contributed by atoms with Crippen molar-refractivity contribution in [3.05, 3.63) is 0 Å². The largest absolute Gasteiger partial charge is 0.771 e. The minimum Gasteiger partial charge on any atom is -0.771 e. The molecule has 1 unspecified atom stereocenters. The van der Waals surface area contributed by atoms with Crippen LogP contribution < -0.4 is 5.32 Å². The van der Waals surface area contributed by atoms with Gasteiger partial charge >= 0.3 is 0 Å². The lowest BCUT2D eigenvalue weighted by atomic mass is 10.1. The first-order valence-corrected chi connectivity index (χ1v) is 5.42. The van der Waals surface area contributed by atoms with Crippen LogP contribution in [-0.4, -0.2) is 45.7 Å². The monoisotopic (exact) mass is 191 g/mol. The Labute approximate surface area is 75.6 Å².